The second-order valence-electron chi connectivity index (χ2n) is 10.2. The third kappa shape index (κ3) is 8.40. The van der Waals surface area contributed by atoms with Crippen LogP contribution in [0.1, 0.15) is 30.4 Å². The van der Waals surface area contributed by atoms with Crippen molar-refractivity contribution in [3.8, 4) is 5.75 Å². The van der Waals surface area contributed by atoms with E-state index in [0.29, 0.717) is 31.6 Å². The molecule has 0 spiro atoms. The van der Waals surface area contributed by atoms with Gasteiger partial charge < -0.3 is 50.4 Å². The standard InChI is InChI=1S/C29H37N3O11/c30-12-10-21(33)31-19-15-18(8-9-20(19)42-28-25(36)23(34)24(35)26(43-28)27(37)38)16-41-29(39)32-13-4-7-22(32)40-14-11-17-5-2-1-3-6-17/h1-3,5-6,8-9,15,22-26,28,34-36H,4,7,10-14,16,30H2,(H,31,33)(H,37,38). The number of aliphatic hydroxyl groups is 3. The molecule has 6 unspecified atom stereocenters. The van der Waals surface area contributed by atoms with Crippen LogP contribution in [-0.2, 0) is 36.8 Å². The van der Waals surface area contributed by atoms with Gasteiger partial charge in [0, 0.05) is 19.5 Å². The molecule has 6 atom stereocenters. The minimum atomic E-state index is -1.89. The van der Waals surface area contributed by atoms with E-state index in [9.17, 15) is 34.8 Å². The number of benzene rings is 2. The van der Waals surface area contributed by atoms with Gasteiger partial charge in [0.1, 0.15) is 36.9 Å². The number of carboxylic acids is 1. The molecule has 2 aliphatic rings. The summed E-state index contributed by atoms with van der Waals surface area (Å²) in [4.78, 5) is 38.2. The summed E-state index contributed by atoms with van der Waals surface area (Å²) < 4.78 is 22.3. The first kappa shape index (κ1) is 32.1. The molecule has 0 saturated carbocycles. The number of amides is 2. The molecule has 2 aromatic carbocycles. The Balaban J connectivity index is 1.40. The summed E-state index contributed by atoms with van der Waals surface area (Å²) in [6.45, 7) is 0.858. The van der Waals surface area contributed by atoms with Crippen molar-refractivity contribution in [1.29, 1.82) is 0 Å². The number of carboxylic acid groups (broad SMARTS) is 1. The summed E-state index contributed by atoms with van der Waals surface area (Å²) in [6.07, 6.45) is -7.91. The van der Waals surface area contributed by atoms with Gasteiger partial charge in [0.15, 0.2) is 6.10 Å². The van der Waals surface area contributed by atoms with E-state index in [1.165, 1.54) is 23.1 Å². The largest absolute Gasteiger partial charge is 0.479 e. The quantitative estimate of drug-likeness (QED) is 0.197. The van der Waals surface area contributed by atoms with Crippen LogP contribution in [0.15, 0.2) is 48.5 Å². The Kier molecular flexibility index (Phi) is 11.3. The molecule has 2 heterocycles. The highest BCUT2D eigenvalue weighted by atomic mass is 16.7. The Morgan fingerprint density at radius 1 is 1.02 bits per heavy atom. The zero-order valence-electron chi connectivity index (χ0n) is 23.4. The molecule has 2 aromatic rings. The first-order valence-corrected chi connectivity index (χ1v) is 14.0. The number of likely N-dealkylation sites (tertiary alicyclic amines) is 1. The number of rotatable bonds is 12. The van der Waals surface area contributed by atoms with Crippen LogP contribution < -0.4 is 15.8 Å². The van der Waals surface area contributed by atoms with Crippen LogP contribution in [0, 0.1) is 0 Å². The lowest BCUT2D eigenvalue weighted by molar-refractivity contribution is -0.271. The molecule has 2 aliphatic heterocycles. The van der Waals surface area contributed by atoms with E-state index in [-0.39, 0.29) is 31.0 Å². The molecule has 0 aliphatic carbocycles. The van der Waals surface area contributed by atoms with Crippen molar-refractivity contribution in [3.63, 3.8) is 0 Å². The maximum Gasteiger partial charge on any atom is 0.412 e. The van der Waals surface area contributed by atoms with Crippen LogP contribution in [0.3, 0.4) is 0 Å². The minimum Gasteiger partial charge on any atom is -0.479 e. The fourth-order valence-electron chi connectivity index (χ4n) is 4.79. The number of hydrogen-bond donors (Lipinski definition) is 6. The first-order chi connectivity index (χ1) is 20.7. The van der Waals surface area contributed by atoms with Gasteiger partial charge in [0.2, 0.25) is 12.2 Å². The average Bonchev–Trinajstić information content (AvgIpc) is 3.46. The number of carbonyl (C=O) groups is 3. The molecular formula is C29H37N3O11. The molecule has 43 heavy (non-hydrogen) atoms. The van der Waals surface area contributed by atoms with Crippen LogP contribution in [0.5, 0.6) is 5.75 Å². The zero-order chi connectivity index (χ0) is 30.9. The van der Waals surface area contributed by atoms with E-state index in [1.54, 1.807) is 0 Å². The Labute approximate surface area is 247 Å². The molecule has 0 bridgehead atoms. The molecule has 4 rings (SSSR count). The number of anilines is 1. The van der Waals surface area contributed by atoms with Crippen molar-refractivity contribution >= 4 is 23.7 Å². The van der Waals surface area contributed by atoms with Crippen molar-refractivity contribution in [2.24, 2.45) is 5.73 Å². The number of hydrogen-bond acceptors (Lipinski definition) is 11. The second-order valence-corrected chi connectivity index (χ2v) is 10.2. The smallest absolute Gasteiger partial charge is 0.412 e. The number of nitrogens with zero attached hydrogens (tertiary/aromatic N) is 1. The fourth-order valence-corrected chi connectivity index (χ4v) is 4.79. The van der Waals surface area contributed by atoms with Gasteiger partial charge in [0.05, 0.1) is 12.3 Å². The van der Waals surface area contributed by atoms with Gasteiger partial charge in [0.25, 0.3) is 0 Å². The van der Waals surface area contributed by atoms with Crippen molar-refractivity contribution in [3.05, 3.63) is 59.7 Å². The third-order valence-corrected chi connectivity index (χ3v) is 7.08. The van der Waals surface area contributed by atoms with E-state index in [1.807, 2.05) is 30.3 Å². The number of ether oxygens (including phenoxy) is 4. The van der Waals surface area contributed by atoms with E-state index in [0.717, 1.165) is 12.0 Å². The molecule has 14 heteroatoms. The molecule has 0 aromatic heterocycles. The van der Waals surface area contributed by atoms with Gasteiger partial charge in [-0.1, -0.05) is 36.4 Å². The summed E-state index contributed by atoms with van der Waals surface area (Å²) in [7, 11) is 0. The minimum absolute atomic E-state index is 0.0200. The molecule has 2 fully saturated rings. The molecule has 234 valence electrons. The predicted molar refractivity (Wildman–Crippen MR) is 150 cm³/mol. The molecule has 2 saturated heterocycles. The summed E-state index contributed by atoms with van der Waals surface area (Å²) >= 11 is 0. The highest BCUT2D eigenvalue weighted by Gasteiger charge is 2.48. The van der Waals surface area contributed by atoms with Gasteiger partial charge in [-0.15, -0.1) is 0 Å². The number of carbonyl (C=O) groups excluding carboxylic acids is 2. The van der Waals surface area contributed by atoms with Crippen molar-refractivity contribution in [2.45, 2.75) is 69.2 Å². The van der Waals surface area contributed by atoms with Crippen molar-refractivity contribution < 1.29 is 53.8 Å². The third-order valence-electron chi connectivity index (χ3n) is 7.08. The Bertz CT molecular complexity index is 1250. The van der Waals surface area contributed by atoms with Crippen molar-refractivity contribution in [2.75, 3.05) is 25.0 Å². The Morgan fingerprint density at radius 3 is 2.51 bits per heavy atom. The Hall–Kier alpha value is -3.79. The highest BCUT2D eigenvalue weighted by Crippen LogP contribution is 2.31. The molecule has 14 nitrogen and oxygen atoms in total. The SMILES string of the molecule is NCCC(=O)Nc1cc(COC(=O)N2CCCC2OCCc2ccccc2)ccc1OC1OC(C(=O)O)C(O)C(O)C1O. The summed E-state index contributed by atoms with van der Waals surface area (Å²) in [5, 5.41) is 42.3. The number of nitrogens with two attached hydrogens (primary N) is 1. The van der Waals surface area contributed by atoms with E-state index >= 15 is 0 Å². The summed E-state index contributed by atoms with van der Waals surface area (Å²) in [5.74, 6) is -2.07. The molecular weight excluding hydrogens is 566 g/mol. The molecule has 7 N–H and O–H groups in total. The van der Waals surface area contributed by atoms with Crippen LogP contribution in [-0.4, -0.2) is 99.9 Å². The molecule has 0 radical (unpaired) electrons. The predicted octanol–water partition coefficient (Wildman–Crippen LogP) is 0.563. The molecule has 2 amide bonds. The van der Waals surface area contributed by atoms with Gasteiger partial charge in [-0.2, -0.15) is 0 Å². The maximum absolute atomic E-state index is 12.9. The van der Waals surface area contributed by atoms with Crippen LogP contribution in [0.2, 0.25) is 0 Å². The number of nitrogens with one attached hydrogen (secondary N) is 1. The van der Waals surface area contributed by atoms with Crippen LogP contribution in [0.25, 0.3) is 0 Å². The van der Waals surface area contributed by atoms with Crippen molar-refractivity contribution in [1.82, 2.24) is 4.90 Å². The monoisotopic (exact) mass is 603 g/mol. The van der Waals surface area contributed by atoms with E-state index < -0.39 is 54.9 Å². The average molecular weight is 604 g/mol. The number of aliphatic hydroxyl groups excluding tert-OH is 3. The van der Waals surface area contributed by atoms with Gasteiger partial charge in [-0.25, -0.2) is 9.59 Å². The van der Waals surface area contributed by atoms with Crippen LogP contribution in [0.4, 0.5) is 10.5 Å². The second kappa shape index (κ2) is 15.1. The van der Waals surface area contributed by atoms with Gasteiger partial charge >= 0.3 is 12.1 Å². The summed E-state index contributed by atoms with van der Waals surface area (Å²) in [6, 6.07) is 14.3. The lowest BCUT2D eigenvalue weighted by Crippen LogP contribution is -2.61. The van der Waals surface area contributed by atoms with Gasteiger partial charge in [-0.3, -0.25) is 9.69 Å². The Morgan fingerprint density at radius 2 is 1.79 bits per heavy atom. The van der Waals surface area contributed by atoms with E-state index in [2.05, 4.69) is 5.32 Å². The normalized spacial score (nSPS) is 25.3. The summed E-state index contributed by atoms with van der Waals surface area (Å²) in [5.41, 5.74) is 7.19. The first-order valence-electron chi connectivity index (χ1n) is 14.0. The maximum atomic E-state index is 12.9. The zero-order valence-corrected chi connectivity index (χ0v) is 23.4. The van der Waals surface area contributed by atoms with E-state index in [4.69, 9.17) is 24.7 Å². The van der Waals surface area contributed by atoms with Crippen LogP contribution >= 0.6 is 0 Å². The topological polar surface area (TPSA) is 210 Å². The lowest BCUT2D eigenvalue weighted by atomic mass is 9.99. The highest BCUT2D eigenvalue weighted by molar-refractivity contribution is 5.92. The number of aliphatic carboxylic acids is 1. The lowest BCUT2D eigenvalue weighted by Gasteiger charge is -2.38. The fraction of sp³-hybridized carbons (Fsp3) is 0.483. The van der Waals surface area contributed by atoms with Gasteiger partial charge in [-0.05, 0) is 42.5 Å².